The van der Waals surface area contributed by atoms with Crippen LogP contribution in [0, 0.1) is 6.42 Å². The SMILES string of the molecule is CC[CH]CC([SeH])[SeH]. The molecule has 0 aromatic rings. The molecule has 0 saturated carbocycles. The summed E-state index contributed by atoms with van der Waals surface area (Å²) in [4.78, 5) is 0. The molecule has 0 heterocycles. The molecule has 0 atom stereocenters. The molecule has 0 aromatic carbocycles. The van der Waals surface area contributed by atoms with Crippen LogP contribution in [-0.4, -0.2) is 32.0 Å². The van der Waals surface area contributed by atoms with Crippen LogP contribution < -0.4 is 0 Å². The Bertz CT molecular complexity index is 35.1. The molecule has 0 aliphatic carbocycles. The average Bonchev–Trinajstić information content (AvgIpc) is 1.61. The zero-order chi connectivity index (χ0) is 5.70. The molecule has 1 radical (unpaired) electrons. The summed E-state index contributed by atoms with van der Waals surface area (Å²) < 4.78 is 0.722. The van der Waals surface area contributed by atoms with E-state index >= 15 is 0 Å². The van der Waals surface area contributed by atoms with Crippen LogP contribution in [0.15, 0.2) is 0 Å². The van der Waals surface area contributed by atoms with Crippen molar-refractivity contribution in [3.8, 4) is 0 Å². The van der Waals surface area contributed by atoms with E-state index in [1.54, 1.807) is 0 Å². The Labute approximate surface area is 62.1 Å². The Hall–Kier alpha value is 1.04. The second-order valence-electron chi connectivity index (χ2n) is 1.41. The third-order valence-corrected chi connectivity index (χ3v) is 1.55. The summed E-state index contributed by atoms with van der Waals surface area (Å²) in [6, 6.07) is 0. The van der Waals surface area contributed by atoms with Crippen LogP contribution in [0.1, 0.15) is 19.8 Å². The quantitative estimate of drug-likeness (QED) is 0.619. The molecule has 0 fully saturated rings. The first-order valence-electron chi connectivity index (χ1n) is 2.45. The van der Waals surface area contributed by atoms with Gasteiger partial charge in [-0.1, -0.05) is 0 Å². The molecule has 0 unspecified atom stereocenters. The van der Waals surface area contributed by atoms with Crippen LogP contribution >= 0.6 is 0 Å². The van der Waals surface area contributed by atoms with Gasteiger partial charge in [0, 0.05) is 0 Å². The molecular weight excluding hydrogens is 218 g/mol. The third kappa shape index (κ3) is 7.04. The molecule has 0 spiro atoms. The number of rotatable bonds is 3. The van der Waals surface area contributed by atoms with Crippen LogP contribution in [0.25, 0.3) is 0 Å². The molecular formula is C5H11Se2. The second kappa shape index (κ2) is 5.18. The molecule has 0 rings (SSSR count). The maximum absolute atomic E-state index is 2.62. The van der Waals surface area contributed by atoms with Crippen molar-refractivity contribution in [2.45, 2.75) is 23.5 Å². The van der Waals surface area contributed by atoms with Crippen molar-refractivity contribution >= 4 is 32.0 Å². The summed E-state index contributed by atoms with van der Waals surface area (Å²) in [5.74, 6) is 0. The van der Waals surface area contributed by atoms with Gasteiger partial charge in [0.2, 0.25) is 0 Å². The van der Waals surface area contributed by atoms with Crippen molar-refractivity contribution in [2.24, 2.45) is 0 Å². The van der Waals surface area contributed by atoms with Crippen LogP contribution in [-0.2, 0) is 0 Å². The molecule has 0 bridgehead atoms. The van der Waals surface area contributed by atoms with E-state index in [4.69, 9.17) is 0 Å². The van der Waals surface area contributed by atoms with Crippen LogP contribution in [0.5, 0.6) is 0 Å². The van der Waals surface area contributed by atoms with Crippen molar-refractivity contribution in [3.05, 3.63) is 6.42 Å². The molecule has 0 amide bonds. The van der Waals surface area contributed by atoms with Crippen molar-refractivity contribution in [2.75, 3.05) is 0 Å². The van der Waals surface area contributed by atoms with Crippen molar-refractivity contribution in [1.82, 2.24) is 0 Å². The minimum absolute atomic E-state index is 0.722. The number of unbranched alkanes of at least 4 members (excludes halogenated alkanes) is 1. The molecule has 0 aliphatic heterocycles. The first-order valence-corrected chi connectivity index (χ1v) is 4.62. The summed E-state index contributed by atoms with van der Waals surface area (Å²) in [7, 11) is 0. The maximum atomic E-state index is 2.62. The fourth-order valence-corrected chi connectivity index (χ4v) is 0.941. The average molecular weight is 229 g/mol. The standard InChI is InChI=1S/C5H11Se2/c1-2-3-4-5(6)7/h3,5-7H,2,4H2,1H3. The van der Waals surface area contributed by atoms with Gasteiger partial charge in [-0.25, -0.2) is 0 Å². The van der Waals surface area contributed by atoms with Gasteiger partial charge in [-0.05, 0) is 0 Å². The van der Waals surface area contributed by atoms with Gasteiger partial charge in [-0.15, -0.1) is 0 Å². The zero-order valence-corrected chi connectivity index (χ0v) is 8.22. The molecule has 0 aromatic heterocycles. The fourth-order valence-electron chi connectivity index (χ4n) is 0.316. The molecule has 0 aliphatic rings. The summed E-state index contributed by atoms with van der Waals surface area (Å²) in [5, 5.41) is 0. The van der Waals surface area contributed by atoms with Crippen molar-refractivity contribution in [1.29, 1.82) is 0 Å². The molecule has 0 N–H and O–H groups in total. The Morgan fingerprint density at radius 2 is 2.14 bits per heavy atom. The molecule has 2 heteroatoms. The van der Waals surface area contributed by atoms with Crippen LogP contribution in [0.4, 0.5) is 0 Å². The van der Waals surface area contributed by atoms with Gasteiger partial charge >= 0.3 is 61.9 Å². The third-order valence-electron chi connectivity index (χ3n) is 0.666. The topological polar surface area (TPSA) is 0 Å². The van der Waals surface area contributed by atoms with Gasteiger partial charge in [0.05, 0.1) is 0 Å². The Morgan fingerprint density at radius 1 is 1.57 bits per heavy atom. The Kier molecular flexibility index (Phi) is 5.95. The predicted molar refractivity (Wildman–Crippen MR) is 37.3 cm³/mol. The first kappa shape index (κ1) is 8.04. The predicted octanol–water partition coefficient (Wildman–Crippen LogP) is 0.538. The fraction of sp³-hybridized carbons (Fsp3) is 0.800. The Balaban J connectivity index is 2.68. The van der Waals surface area contributed by atoms with E-state index in [9.17, 15) is 0 Å². The number of hydrogen-bond donors (Lipinski definition) is 0. The van der Waals surface area contributed by atoms with E-state index in [1.165, 1.54) is 12.8 Å². The van der Waals surface area contributed by atoms with E-state index in [0.717, 1.165) is 3.71 Å². The van der Waals surface area contributed by atoms with E-state index in [1.807, 2.05) is 0 Å². The van der Waals surface area contributed by atoms with Gasteiger partial charge in [0.25, 0.3) is 0 Å². The Morgan fingerprint density at radius 3 is 2.29 bits per heavy atom. The van der Waals surface area contributed by atoms with Gasteiger partial charge in [-0.3, -0.25) is 0 Å². The summed E-state index contributed by atoms with van der Waals surface area (Å²) >= 11 is 5.23. The summed E-state index contributed by atoms with van der Waals surface area (Å²) in [6.07, 6.45) is 4.71. The van der Waals surface area contributed by atoms with E-state index in [-0.39, 0.29) is 0 Å². The van der Waals surface area contributed by atoms with E-state index in [0.29, 0.717) is 0 Å². The van der Waals surface area contributed by atoms with Crippen LogP contribution in [0.3, 0.4) is 0 Å². The monoisotopic (exact) mass is 231 g/mol. The van der Waals surface area contributed by atoms with Crippen molar-refractivity contribution in [3.63, 3.8) is 0 Å². The zero-order valence-electron chi connectivity index (χ0n) is 4.46. The summed E-state index contributed by atoms with van der Waals surface area (Å²) in [5.41, 5.74) is 0. The van der Waals surface area contributed by atoms with Gasteiger partial charge in [0.1, 0.15) is 0 Å². The molecule has 0 saturated heterocycles. The second-order valence-corrected chi connectivity index (χ2v) is 5.95. The summed E-state index contributed by atoms with van der Waals surface area (Å²) in [6.45, 7) is 2.17. The van der Waals surface area contributed by atoms with Gasteiger partial charge < -0.3 is 0 Å². The molecule has 43 valence electrons. The normalized spacial score (nSPS) is 10.3. The minimum atomic E-state index is 0.722. The van der Waals surface area contributed by atoms with Gasteiger partial charge in [-0.2, -0.15) is 0 Å². The number of hydrogen-bond acceptors (Lipinski definition) is 0. The van der Waals surface area contributed by atoms with Crippen molar-refractivity contribution < 1.29 is 0 Å². The first-order chi connectivity index (χ1) is 3.27. The van der Waals surface area contributed by atoms with Crippen LogP contribution in [0.2, 0.25) is 3.71 Å². The van der Waals surface area contributed by atoms with E-state index < -0.39 is 0 Å². The van der Waals surface area contributed by atoms with Gasteiger partial charge in [0.15, 0.2) is 0 Å². The molecule has 0 nitrogen and oxygen atoms in total. The molecule has 7 heavy (non-hydrogen) atoms. The van der Waals surface area contributed by atoms with E-state index in [2.05, 4.69) is 45.4 Å².